The Balaban J connectivity index is 1.20. The van der Waals surface area contributed by atoms with Crippen LogP contribution < -0.4 is 5.32 Å². The molecule has 1 N–H and O–H groups in total. The summed E-state index contributed by atoms with van der Waals surface area (Å²) in [5.41, 5.74) is 5.78. The Hall–Kier alpha value is -3.78. The first-order valence-corrected chi connectivity index (χ1v) is 13.3. The van der Waals surface area contributed by atoms with Crippen molar-refractivity contribution in [2.45, 2.75) is 31.7 Å². The highest BCUT2D eigenvalue weighted by atomic mass is 79.9. The molecule has 0 saturated carbocycles. The highest BCUT2D eigenvalue weighted by Crippen LogP contribution is 2.61. The molecule has 0 spiro atoms. The van der Waals surface area contributed by atoms with E-state index >= 15 is 0 Å². The summed E-state index contributed by atoms with van der Waals surface area (Å²) < 4.78 is 6.15. The topological polar surface area (TPSA) is 92.8 Å². The molecule has 0 radical (unpaired) electrons. The molecule has 1 saturated heterocycles. The highest BCUT2D eigenvalue weighted by molar-refractivity contribution is 9.10. The number of carbonyl (C=O) groups excluding carboxylic acids is 4. The van der Waals surface area contributed by atoms with Gasteiger partial charge in [-0.25, -0.2) is 4.79 Å². The summed E-state index contributed by atoms with van der Waals surface area (Å²) in [5, 5.41) is 2.69. The van der Waals surface area contributed by atoms with Crippen LogP contribution in [-0.4, -0.2) is 41.2 Å². The van der Waals surface area contributed by atoms with Gasteiger partial charge in [-0.2, -0.15) is 0 Å². The number of anilines is 1. The molecule has 3 aromatic carbocycles. The van der Waals surface area contributed by atoms with Gasteiger partial charge in [0, 0.05) is 22.0 Å². The third-order valence-corrected chi connectivity index (χ3v) is 8.89. The summed E-state index contributed by atoms with van der Waals surface area (Å²) in [6, 6.07) is 20.1. The van der Waals surface area contributed by atoms with Crippen molar-refractivity contribution in [3.63, 3.8) is 0 Å². The van der Waals surface area contributed by atoms with Gasteiger partial charge in [-0.05, 0) is 59.9 Å². The van der Waals surface area contributed by atoms with Gasteiger partial charge < -0.3 is 10.1 Å². The van der Waals surface area contributed by atoms with E-state index in [1.54, 1.807) is 12.1 Å². The second kappa shape index (κ2) is 9.20. The van der Waals surface area contributed by atoms with Crippen LogP contribution in [0.4, 0.5) is 5.69 Å². The Labute approximate surface area is 228 Å². The molecule has 7 rings (SSSR count). The molecule has 8 heteroatoms. The lowest BCUT2D eigenvalue weighted by Crippen LogP contribution is -2.45. The summed E-state index contributed by atoms with van der Waals surface area (Å²) in [5.74, 6) is -3.67. The number of nitrogens with zero attached hydrogens (tertiary/aromatic N) is 1. The summed E-state index contributed by atoms with van der Waals surface area (Å²) in [6.45, 7) is 2.85. The molecule has 3 aliphatic carbocycles. The number of nitrogens with one attached hydrogen (secondary N) is 1. The van der Waals surface area contributed by atoms with E-state index in [1.165, 1.54) is 6.92 Å². The van der Waals surface area contributed by atoms with E-state index in [4.69, 9.17) is 4.74 Å². The maximum absolute atomic E-state index is 13.8. The van der Waals surface area contributed by atoms with Crippen LogP contribution in [0.25, 0.3) is 0 Å². The molecule has 192 valence electrons. The Bertz CT molecular complexity index is 1400. The number of aryl methyl sites for hydroxylation is 1. The van der Waals surface area contributed by atoms with E-state index in [9.17, 15) is 19.2 Å². The van der Waals surface area contributed by atoms with Gasteiger partial charge in [0.15, 0.2) is 6.61 Å². The largest absolute Gasteiger partial charge is 0.454 e. The smallest absolute Gasteiger partial charge is 0.329 e. The number of rotatable bonds is 5. The quantitative estimate of drug-likeness (QED) is 0.358. The van der Waals surface area contributed by atoms with E-state index in [-0.39, 0.29) is 23.7 Å². The SMILES string of the molecule is Cc1cc(NC(=O)COC(=O)[C@H](C)N2C(=O)[C@@H]3C4c5ccccc5C(c5ccccc54)[C@@H]3C2=O)ccc1Br. The summed E-state index contributed by atoms with van der Waals surface area (Å²) in [7, 11) is 0. The number of halogens is 1. The maximum atomic E-state index is 13.8. The van der Waals surface area contributed by atoms with Crippen LogP contribution in [0, 0.1) is 18.8 Å². The van der Waals surface area contributed by atoms with E-state index in [0.29, 0.717) is 5.69 Å². The lowest BCUT2D eigenvalue weighted by molar-refractivity contribution is -0.159. The van der Waals surface area contributed by atoms with Gasteiger partial charge in [0.2, 0.25) is 11.8 Å². The van der Waals surface area contributed by atoms with Crippen molar-refractivity contribution in [3.8, 4) is 0 Å². The van der Waals surface area contributed by atoms with Crippen LogP contribution in [0.5, 0.6) is 0 Å². The van der Waals surface area contributed by atoms with Gasteiger partial charge in [-0.15, -0.1) is 0 Å². The fourth-order valence-corrected chi connectivity index (χ4v) is 6.61. The predicted octanol–water partition coefficient (Wildman–Crippen LogP) is 4.52. The molecular formula is C30H25BrN2O5. The van der Waals surface area contributed by atoms with Crippen molar-refractivity contribution >= 4 is 45.3 Å². The van der Waals surface area contributed by atoms with Crippen molar-refractivity contribution in [1.82, 2.24) is 4.90 Å². The first kappa shape index (κ1) is 24.6. The second-order valence-corrected chi connectivity index (χ2v) is 11.0. The fourth-order valence-electron chi connectivity index (χ4n) is 6.36. The Morgan fingerprint density at radius 2 is 1.39 bits per heavy atom. The molecule has 1 heterocycles. The summed E-state index contributed by atoms with van der Waals surface area (Å²) in [4.78, 5) is 53.9. The Morgan fingerprint density at radius 3 is 1.87 bits per heavy atom. The highest BCUT2D eigenvalue weighted by Gasteiger charge is 2.62. The maximum Gasteiger partial charge on any atom is 0.329 e. The van der Waals surface area contributed by atoms with Crippen LogP contribution in [0.15, 0.2) is 71.2 Å². The molecule has 38 heavy (non-hydrogen) atoms. The van der Waals surface area contributed by atoms with E-state index in [1.807, 2.05) is 61.5 Å². The molecule has 3 amide bonds. The summed E-state index contributed by atoms with van der Waals surface area (Å²) in [6.07, 6.45) is 0. The molecule has 3 aromatic rings. The number of hydrogen-bond donors (Lipinski definition) is 1. The monoisotopic (exact) mass is 572 g/mol. The molecule has 7 nitrogen and oxygen atoms in total. The van der Waals surface area contributed by atoms with Crippen LogP contribution in [0.3, 0.4) is 0 Å². The molecule has 2 bridgehead atoms. The van der Waals surface area contributed by atoms with Gasteiger partial charge in [-0.3, -0.25) is 19.3 Å². The number of amides is 3. The number of ether oxygens (including phenoxy) is 1. The number of benzene rings is 3. The third-order valence-electron chi connectivity index (χ3n) is 8.00. The average molecular weight is 573 g/mol. The van der Waals surface area contributed by atoms with Crippen LogP contribution >= 0.6 is 15.9 Å². The van der Waals surface area contributed by atoms with Gasteiger partial charge in [0.25, 0.3) is 5.91 Å². The van der Waals surface area contributed by atoms with Gasteiger partial charge in [-0.1, -0.05) is 64.5 Å². The fraction of sp³-hybridized carbons (Fsp3) is 0.267. The zero-order chi connectivity index (χ0) is 26.7. The molecule has 0 unspecified atom stereocenters. The normalized spacial score (nSPS) is 23.4. The van der Waals surface area contributed by atoms with Gasteiger partial charge >= 0.3 is 5.97 Å². The van der Waals surface area contributed by atoms with Crippen molar-refractivity contribution in [2.24, 2.45) is 11.8 Å². The number of likely N-dealkylation sites (tertiary alicyclic amines) is 1. The van der Waals surface area contributed by atoms with Gasteiger partial charge in [0.1, 0.15) is 6.04 Å². The van der Waals surface area contributed by atoms with Crippen LogP contribution in [-0.2, 0) is 23.9 Å². The molecule has 1 fully saturated rings. The van der Waals surface area contributed by atoms with Crippen LogP contribution in [0.2, 0.25) is 0 Å². The standard InChI is InChI=1S/C30H25BrN2O5/c1-15-13-17(11-12-22(15)31)32-23(34)14-38-30(37)16(2)33-28(35)26-24-18-7-3-4-8-19(18)25(27(26)29(33)36)21-10-6-5-9-20(21)24/h3-13,16,24-27H,14H2,1-2H3,(H,32,34)/t16-,24?,25?,26-,27+/m0/s1. The second-order valence-electron chi connectivity index (χ2n) is 10.1. The minimum Gasteiger partial charge on any atom is -0.454 e. The lowest BCUT2D eigenvalue weighted by Gasteiger charge is -2.45. The third kappa shape index (κ3) is 3.69. The molecular weight excluding hydrogens is 548 g/mol. The van der Waals surface area contributed by atoms with Crippen LogP contribution in [0.1, 0.15) is 46.6 Å². The van der Waals surface area contributed by atoms with Crippen molar-refractivity contribution in [2.75, 3.05) is 11.9 Å². The van der Waals surface area contributed by atoms with Gasteiger partial charge in [0.05, 0.1) is 11.8 Å². The predicted molar refractivity (Wildman–Crippen MR) is 143 cm³/mol. The Morgan fingerprint density at radius 1 is 0.895 bits per heavy atom. The average Bonchev–Trinajstić information content (AvgIpc) is 3.19. The molecule has 4 aliphatic rings. The van der Waals surface area contributed by atoms with Crippen molar-refractivity contribution < 1.29 is 23.9 Å². The number of hydrogen-bond acceptors (Lipinski definition) is 5. The molecule has 0 aromatic heterocycles. The van der Waals surface area contributed by atoms with E-state index in [0.717, 1.165) is 37.2 Å². The lowest BCUT2D eigenvalue weighted by atomic mass is 9.55. The molecule has 3 atom stereocenters. The molecule has 1 aliphatic heterocycles. The van der Waals surface area contributed by atoms with Crippen molar-refractivity contribution in [3.05, 3.63) is 99.0 Å². The summed E-state index contributed by atoms with van der Waals surface area (Å²) >= 11 is 3.41. The number of carbonyl (C=O) groups is 4. The zero-order valence-electron chi connectivity index (χ0n) is 20.8. The number of imide groups is 1. The van der Waals surface area contributed by atoms with E-state index < -0.39 is 36.4 Å². The number of esters is 1. The van der Waals surface area contributed by atoms with E-state index in [2.05, 4.69) is 21.2 Å². The first-order chi connectivity index (χ1) is 18.3. The minimum atomic E-state index is -1.14. The minimum absolute atomic E-state index is 0.248. The Kier molecular flexibility index (Phi) is 5.94. The zero-order valence-corrected chi connectivity index (χ0v) is 22.4. The first-order valence-electron chi connectivity index (χ1n) is 12.5. The van der Waals surface area contributed by atoms with Crippen molar-refractivity contribution in [1.29, 1.82) is 0 Å².